The highest BCUT2D eigenvalue weighted by atomic mass is 35.5. The van der Waals surface area contributed by atoms with Gasteiger partial charge in [-0.25, -0.2) is 8.42 Å². The molecular formula is C22H27ClN2O5S. The molecular weight excluding hydrogens is 440 g/mol. The van der Waals surface area contributed by atoms with Crippen molar-refractivity contribution in [2.24, 2.45) is 0 Å². The summed E-state index contributed by atoms with van der Waals surface area (Å²) < 4.78 is 38.2. The fourth-order valence-corrected chi connectivity index (χ4v) is 5.09. The topological polar surface area (TPSA) is 84.9 Å². The van der Waals surface area contributed by atoms with Gasteiger partial charge in [-0.2, -0.15) is 4.31 Å². The van der Waals surface area contributed by atoms with E-state index in [0.717, 1.165) is 12.8 Å². The first kappa shape index (κ1) is 23.5. The highest BCUT2D eigenvalue weighted by Gasteiger charge is 2.29. The maximum Gasteiger partial charge on any atom is 0.258 e. The second kappa shape index (κ2) is 10.9. The zero-order chi connectivity index (χ0) is 22.3. The van der Waals surface area contributed by atoms with Crippen LogP contribution in [-0.4, -0.2) is 57.6 Å². The van der Waals surface area contributed by atoms with E-state index in [-0.39, 0.29) is 47.3 Å². The molecule has 0 aromatic heterocycles. The van der Waals surface area contributed by atoms with Crippen LogP contribution >= 0.6 is 11.6 Å². The number of rotatable bonds is 9. The van der Waals surface area contributed by atoms with Crippen LogP contribution in [-0.2, 0) is 26.0 Å². The Morgan fingerprint density at radius 1 is 1.19 bits per heavy atom. The highest BCUT2D eigenvalue weighted by molar-refractivity contribution is 7.89. The van der Waals surface area contributed by atoms with Gasteiger partial charge in [0.2, 0.25) is 10.0 Å². The SMILES string of the molecule is C[C@@H](CCc1ccccc1)NC(=O)COc1ccc(Cl)cc1S(=O)(=O)N1CCOCC1. The lowest BCUT2D eigenvalue weighted by atomic mass is 10.1. The number of nitrogens with zero attached hydrogens (tertiary/aromatic N) is 1. The lowest BCUT2D eigenvalue weighted by Crippen LogP contribution is -2.41. The Labute approximate surface area is 188 Å². The highest BCUT2D eigenvalue weighted by Crippen LogP contribution is 2.30. The summed E-state index contributed by atoms with van der Waals surface area (Å²) in [5.41, 5.74) is 1.21. The third-order valence-electron chi connectivity index (χ3n) is 4.97. The monoisotopic (exact) mass is 466 g/mol. The number of carbonyl (C=O) groups is 1. The standard InChI is InChI=1S/C22H27ClN2O5S/c1-17(7-8-18-5-3-2-4-6-18)24-22(26)16-30-20-10-9-19(23)15-21(20)31(27,28)25-11-13-29-14-12-25/h2-6,9-10,15,17H,7-8,11-14,16H2,1H3,(H,24,26)/t17-/m0/s1. The molecule has 3 rings (SSSR count). The van der Waals surface area contributed by atoms with Crippen LogP contribution in [0.5, 0.6) is 5.75 Å². The molecule has 0 radical (unpaired) electrons. The second-order valence-corrected chi connectivity index (χ2v) is 9.73. The number of aryl methyl sites for hydroxylation is 1. The van der Waals surface area contributed by atoms with Crippen LogP contribution in [0.4, 0.5) is 0 Å². The number of hydrogen-bond donors (Lipinski definition) is 1. The summed E-state index contributed by atoms with van der Waals surface area (Å²) in [5, 5.41) is 3.16. The van der Waals surface area contributed by atoms with Crippen LogP contribution in [0, 0.1) is 0 Å². The molecule has 1 atom stereocenters. The Hall–Kier alpha value is -2.13. The van der Waals surface area contributed by atoms with Crippen LogP contribution in [0.25, 0.3) is 0 Å². The summed E-state index contributed by atoms with van der Waals surface area (Å²) in [6.07, 6.45) is 1.63. The van der Waals surface area contributed by atoms with Crippen molar-refractivity contribution in [3.63, 3.8) is 0 Å². The number of halogens is 1. The number of amides is 1. The Morgan fingerprint density at radius 3 is 2.61 bits per heavy atom. The van der Waals surface area contributed by atoms with Crippen LogP contribution in [0.15, 0.2) is 53.4 Å². The summed E-state index contributed by atoms with van der Waals surface area (Å²) in [6, 6.07) is 14.4. The summed E-state index contributed by atoms with van der Waals surface area (Å²) in [7, 11) is -3.81. The zero-order valence-corrected chi connectivity index (χ0v) is 19.0. The van der Waals surface area contributed by atoms with Crippen LogP contribution in [0.2, 0.25) is 5.02 Å². The molecule has 0 bridgehead atoms. The number of ether oxygens (including phenoxy) is 2. The van der Waals surface area contributed by atoms with Crippen molar-refractivity contribution in [1.82, 2.24) is 9.62 Å². The van der Waals surface area contributed by atoms with E-state index in [4.69, 9.17) is 21.1 Å². The average Bonchev–Trinajstić information content (AvgIpc) is 2.78. The quantitative estimate of drug-likeness (QED) is 0.614. The molecule has 9 heteroatoms. The van der Waals surface area contributed by atoms with Gasteiger partial charge in [0.05, 0.1) is 13.2 Å². The maximum atomic E-state index is 13.0. The average molecular weight is 467 g/mol. The summed E-state index contributed by atoms with van der Waals surface area (Å²) in [5.74, 6) is -0.215. The van der Waals surface area contributed by atoms with E-state index >= 15 is 0 Å². The van der Waals surface area contributed by atoms with Crippen molar-refractivity contribution >= 4 is 27.5 Å². The smallest absolute Gasteiger partial charge is 0.258 e. The zero-order valence-electron chi connectivity index (χ0n) is 17.4. The molecule has 1 fully saturated rings. The summed E-state index contributed by atoms with van der Waals surface area (Å²) >= 11 is 6.04. The molecule has 2 aromatic carbocycles. The molecule has 168 valence electrons. The third-order valence-corrected chi connectivity index (χ3v) is 7.12. The molecule has 2 aromatic rings. The number of hydrogen-bond acceptors (Lipinski definition) is 5. The third kappa shape index (κ3) is 6.67. The van der Waals surface area contributed by atoms with Crippen molar-refractivity contribution in [1.29, 1.82) is 0 Å². The van der Waals surface area contributed by atoms with Gasteiger partial charge >= 0.3 is 0 Å². The summed E-state index contributed by atoms with van der Waals surface area (Å²) in [4.78, 5) is 12.3. The molecule has 31 heavy (non-hydrogen) atoms. The minimum atomic E-state index is -3.81. The van der Waals surface area contributed by atoms with Crippen molar-refractivity contribution in [3.05, 3.63) is 59.1 Å². The lowest BCUT2D eigenvalue weighted by Gasteiger charge is -2.26. The number of morpholine rings is 1. The molecule has 0 saturated carbocycles. The molecule has 0 spiro atoms. The fourth-order valence-electron chi connectivity index (χ4n) is 3.29. The van der Waals surface area contributed by atoms with Gasteiger partial charge in [-0.15, -0.1) is 0 Å². The molecule has 1 aliphatic rings. The fraction of sp³-hybridized carbons (Fsp3) is 0.409. The number of nitrogens with one attached hydrogen (secondary N) is 1. The molecule has 1 amide bonds. The predicted molar refractivity (Wildman–Crippen MR) is 119 cm³/mol. The Morgan fingerprint density at radius 2 is 1.90 bits per heavy atom. The van der Waals surface area contributed by atoms with Gasteiger partial charge < -0.3 is 14.8 Å². The first-order valence-electron chi connectivity index (χ1n) is 10.2. The maximum absolute atomic E-state index is 13.0. The summed E-state index contributed by atoms with van der Waals surface area (Å²) in [6.45, 7) is 2.82. The Kier molecular flexibility index (Phi) is 8.31. The molecule has 0 aliphatic carbocycles. The van der Waals surface area contributed by atoms with E-state index in [1.54, 1.807) is 0 Å². The molecule has 1 N–H and O–H groups in total. The van der Waals surface area contributed by atoms with Crippen LogP contribution in [0.3, 0.4) is 0 Å². The predicted octanol–water partition coefficient (Wildman–Crippen LogP) is 2.88. The van der Waals surface area contributed by atoms with Crippen molar-refractivity contribution < 1.29 is 22.7 Å². The molecule has 0 unspecified atom stereocenters. The number of sulfonamides is 1. The van der Waals surface area contributed by atoms with Crippen LogP contribution < -0.4 is 10.1 Å². The van der Waals surface area contributed by atoms with E-state index in [0.29, 0.717) is 13.2 Å². The minimum Gasteiger partial charge on any atom is -0.482 e. The van der Waals surface area contributed by atoms with Gasteiger partial charge in [-0.1, -0.05) is 41.9 Å². The van der Waals surface area contributed by atoms with Crippen molar-refractivity contribution in [2.75, 3.05) is 32.9 Å². The van der Waals surface area contributed by atoms with Gasteiger partial charge in [-0.3, -0.25) is 4.79 Å². The first-order chi connectivity index (χ1) is 14.9. The molecule has 7 nitrogen and oxygen atoms in total. The largest absolute Gasteiger partial charge is 0.482 e. The van der Waals surface area contributed by atoms with E-state index in [2.05, 4.69) is 17.4 Å². The first-order valence-corrected chi connectivity index (χ1v) is 12.0. The van der Waals surface area contributed by atoms with Gasteiger partial charge in [0, 0.05) is 24.2 Å². The van der Waals surface area contributed by atoms with E-state index in [9.17, 15) is 13.2 Å². The van der Waals surface area contributed by atoms with Gasteiger partial charge in [0.15, 0.2) is 6.61 Å². The molecule has 1 heterocycles. The Balaban J connectivity index is 1.59. The number of benzene rings is 2. The minimum absolute atomic E-state index is 0.0434. The van der Waals surface area contributed by atoms with E-state index in [1.165, 1.54) is 28.1 Å². The normalized spacial score (nSPS) is 15.9. The second-order valence-electron chi connectivity index (χ2n) is 7.39. The van der Waals surface area contributed by atoms with Gasteiger partial charge in [-0.05, 0) is 43.5 Å². The molecule has 1 aliphatic heterocycles. The van der Waals surface area contributed by atoms with Gasteiger partial charge in [0.25, 0.3) is 5.91 Å². The Bertz CT molecular complexity index is 979. The molecule has 1 saturated heterocycles. The van der Waals surface area contributed by atoms with E-state index in [1.807, 2.05) is 25.1 Å². The lowest BCUT2D eigenvalue weighted by molar-refractivity contribution is -0.123. The van der Waals surface area contributed by atoms with Crippen molar-refractivity contribution in [3.8, 4) is 5.75 Å². The van der Waals surface area contributed by atoms with Crippen LogP contribution in [0.1, 0.15) is 18.9 Å². The van der Waals surface area contributed by atoms with E-state index < -0.39 is 10.0 Å². The van der Waals surface area contributed by atoms with Gasteiger partial charge in [0.1, 0.15) is 10.6 Å². The number of carbonyl (C=O) groups excluding carboxylic acids is 1. The van der Waals surface area contributed by atoms with Crippen molar-refractivity contribution in [2.45, 2.75) is 30.7 Å².